The Hall–Kier alpha value is -2.81. The van der Waals surface area contributed by atoms with Crippen LogP contribution in [0.1, 0.15) is 34.7 Å². The minimum Gasteiger partial charge on any atom is -0.433 e. The number of halogens is 8. The van der Waals surface area contributed by atoms with Crippen LogP contribution in [0.2, 0.25) is 5.15 Å². The topological polar surface area (TPSA) is 82.1 Å². The van der Waals surface area contributed by atoms with Gasteiger partial charge in [0.1, 0.15) is 5.15 Å². The minimum atomic E-state index is -6.04. The van der Waals surface area contributed by atoms with Crippen LogP contribution in [0.4, 0.5) is 30.7 Å². The van der Waals surface area contributed by atoms with Gasteiger partial charge in [-0.05, 0) is 24.5 Å². The number of hydrazone groups is 1. The highest BCUT2D eigenvalue weighted by Gasteiger charge is 2.66. The summed E-state index contributed by atoms with van der Waals surface area (Å²) in [5, 5.41) is 8.34. The van der Waals surface area contributed by atoms with Gasteiger partial charge in [-0.15, -0.1) is 0 Å². The summed E-state index contributed by atoms with van der Waals surface area (Å²) in [6.07, 6.45) is -1.70. The number of amides is 1. The fraction of sp³-hybridized carbons (Fsp3) is 0.526. The number of alkyl halides is 7. The fourth-order valence-electron chi connectivity index (χ4n) is 3.63. The van der Waals surface area contributed by atoms with Crippen molar-refractivity contribution in [3.8, 4) is 0 Å². The first-order chi connectivity index (χ1) is 16.3. The van der Waals surface area contributed by atoms with Crippen LogP contribution in [0.3, 0.4) is 0 Å². The van der Waals surface area contributed by atoms with Crippen molar-refractivity contribution in [1.29, 1.82) is 0 Å². The van der Waals surface area contributed by atoms with Crippen LogP contribution in [0.25, 0.3) is 0 Å². The van der Waals surface area contributed by atoms with E-state index < -0.39 is 48.2 Å². The lowest BCUT2D eigenvalue weighted by molar-refractivity contribution is -0.294. The van der Waals surface area contributed by atoms with Gasteiger partial charge in [0, 0.05) is 31.4 Å². The van der Waals surface area contributed by atoms with Gasteiger partial charge in [-0.2, -0.15) is 35.8 Å². The first kappa shape index (κ1) is 25.3. The van der Waals surface area contributed by atoms with Gasteiger partial charge in [0.15, 0.2) is 17.6 Å². The summed E-state index contributed by atoms with van der Waals surface area (Å²) in [4.78, 5) is 16.4. The normalized spacial score (nSPS) is 23.0. The maximum atomic E-state index is 14.1. The van der Waals surface area contributed by atoms with Crippen LogP contribution >= 0.6 is 11.6 Å². The number of ether oxygens (including phenoxy) is 1. The van der Waals surface area contributed by atoms with Crippen molar-refractivity contribution in [3.05, 3.63) is 40.1 Å². The lowest BCUT2D eigenvalue weighted by atomic mass is 10.0. The van der Waals surface area contributed by atoms with Crippen LogP contribution < -0.4 is 10.7 Å². The highest BCUT2D eigenvalue weighted by atomic mass is 35.5. The number of carbonyl (C=O) groups excluding carboxylic acids is 1. The van der Waals surface area contributed by atoms with Gasteiger partial charge in [-0.3, -0.25) is 9.80 Å². The van der Waals surface area contributed by atoms with E-state index in [-0.39, 0.29) is 23.3 Å². The second-order valence-corrected chi connectivity index (χ2v) is 8.47. The number of aromatic nitrogens is 1. The molecule has 0 spiro atoms. The van der Waals surface area contributed by atoms with Crippen LogP contribution in [0.5, 0.6) is 0 Å². The van der Waals surface area contributed by atoms with E-state index in [0.29, 0.717) is 10.6 Å². The SMILES string of the molecule is CN1NC(C(F)(F)C(F)(F)F)C(OC(F)F)=C1N1CC(c2cnc(Cl)c(C(=O)NC3CC3)c2)C=N1. The molecule has 1 aromatic rings. The molecule has 16 heteroatoms. The second-order valence-electron chi connectivity index (χ2n) is 8.12. The molecule has 2 atom stereocenters. The number of nitrogens with one attached hydrogen (secondary N) is 2. The molecule has 4 rings (SSSR count). The zero-order valence-electron chi connectivity index (χ0n) is 17.8. The zero-order chi connectivity index (χ0) is 25.7. The molecule has 8 nitrogen and oxygen atoms in total. The smallest absolute Gasteiger partial charge is 0.433 e. The molecule has 35 heavy (non-hydrogen) atoms. The molecule has 3 heterocycles. The monoisotopic (exact) mass is 530 g/mol. The predicted octanol–water partition coefficient (Wildman–Crippen LogP) is 3.44. The highest BCUT2D eigenvalue weighted by molar-refractivity contribution is 6.32. The molecule has 2 aliphatic heterocycles. The van der Waals surface area contributed by atoms with E-state index in [1.54, 1.807) is 0 Å². The van der Waals surface area contributed by atoms with Gasteiger partial charge in [0.25, 0.3) is 5.91 Å². The summed E-state index contributed by atoms with van der Waals surface area (Å²) >= 11 is 6.03. The van der Waals surface area contributed by atoms with Crippen molar-refractivity contribution >= 4 is 23.7 Å². The molecule has 0 bridgehead atoms. The molecule has 1 aromatic heterocycles. The lowest BCUT2D eigenvalue weighted by Crippen LogP contribution is -2.55. The maximum Gasteiger partial charge on any atom is 0.455 e. The van der Waals surface area contributed by atoms with Crippen molar-refractivity contribution < 1.29 is 40.3 Å². The molecule has 0 aromatic carbocycles. The van der Waals surface area contributed by atoms with Crippen molar-refractivity contribution in [1.82, 2.24) is 25.7 Å². The molecule has 1 amide bonds. The molecular weight excluding hydrogens is 513 g/mol. The predicted molar refractivity (Wildman–Crippen MR) is 107 cm³/mol. The molecule has 0 radical (unpaired) electrons. The largest absolute Gasteiger partial charge is 0.455 e. The summed E-state index contributed by atoms with van der Waals surface area (Å²) in [5.41, 5.74) is 2.35. The lowest BCUT2D eigenvalue weighted by Gasteiger charge is -2.27. The number of pyridine rings is 1. The van der Waals surface area contributed by atoms with Gasteiger partial charge < -0.3 is 10.1 Å². The third-order valence-electron chi connectivity index (χ3n) is 5.53. The zero-order valence-corrected chi connectivity index (χ0v) is 18.5. The Balaban J connectivity index is 1.60. The van der Waals surface area contributed by atoms with Gasteiger partial charge in [0.2, 0.25) is 0 Å². The molecule has 2 N–H and O–H groups in total. The van der Waals surface area contributed by atoms with Gasteiger partial charge in [-0.1, -0.05) is 11.6 Å². The Morgan fingerprint density at radius 3 is 2.57 bits per heavy atom. The number of carbonyl (C=O) groups is 1. The van der Waals surface area contributed by atoms with E-state index in [0.717, 1.165) is 24.9 Å². The summed E-state index contributed by atoms with van der Waals surface area (Å²) in [5.74, 6) is -8.36. The molecule has 192 valence electrons. The summed E-state index contributed by atoms with van der Waals surface area (Å²) < 4.78 is 97.1. The first-order valence-corrected chi connectivity index (χ1v) is 10.6. The van der Waals surface area contributed by atoms with E-state index in [1.165, 1.54) is 18.5 Å². The number of hydrogen-bond donors (Lipinski definition) is 2. The molecule has 1 aliphatic carbocycles. The van der Waals surface area contributed by atoms with Crippen LogP contribution in [-0.2, 0) is 4.74 Å². The molecule has 1 fully saturated rings. The Morgan fingerprint density at radius 2 is 1.97 bits per heavy atom. The average Bonchev–Trinajstić information content (AvgIpc) is 3.32. The molecular formula is C19H18ClF7N6O2. The third-order valence-corrected chi connectivity index (χ3v) is 5.83. The van der Waals surface area contributed by atoms with Crippen LogP contribution in [-0.4, -0.2) is 71.5 Å². The van der Waals surface area contributed by atoms with E-state index >= 15 is 0 Å². The molecule has 1 saturated carbocycles. The summed E-state index contributed by atoms with van der Waals surface area (Å²) in [7, 11) is 1.06. The minimum absolute atomic E-state index is 0.0500. The Labute approximate surface area is 198 Å². The fourth-order valence-corrected chi connectivity index (χ4v) is 3.81. The Morgan fingerprint density at radius 1 is 1.29 bits per heavy atom. The standard InChI is InChI=1S/C19H18ClF7N6O2/c1-32-16(12(35-17(21)22)13(31-32)18(23,24)19(25,26)27)33-7-9(6-29-33)8-4-11(14(20)28-5-8)15(34)30-10-2-3-10/h4-6,9-10,13,17,31H,2-3,7H2,1H3,(H,30,34). The maximum absolute atomic E-state index is 14.1. The van der Waals surface area contributed by atoms with Crippen molar-refractivity contribution in [2.24, 2.45) is 5.10 Å². The van der Waals surface area contributed by atoms with Gasteiger partial charge >= 0.3 is 18.7 Å². The van der Waals surface area contributed by atoms with Crippen LogP contribution in [0.15, 0.2) is 28.9 Å². The quantitative estimate of drug-likeness (QED) is 0.415. The number of hydrazine groups is 1. The number of nitrogens with zero attached hydrogens (tertiary/aromatic N) is 4. The van der Waals surface area contributed by atoms with Crippen LogP contribution in [0, 0.1) is 0 Å². The average molecular weight is 531 g/mol. The Kier molecular flexibility index (Phi) is 6.51. The van der Waals surface area contributed by atoms with E-state index in [1.807, 2.05) is 5.43 Å². The number of hydrogen-bond acceptors (Lipinski definition) is 7. The molecule has 3 aliphatic rings. The van der Waals surface area contributed by atoms with Crippen molar-refractivity contribution in [2.75, 3.05) is 13.6 Å². The summed E-state index contributed by atoms with van der Waals surface area (Å²) in [6, 6.07) is -1.44. The van der Waals surface area contributed by atoms with E-state index in [2.05, 4.69) is 20.1 Å². The first-order valence-electron chi connectivity index (χ1n) is 10.2. The summed E-state index contributed by atoms with van der Waals surface area (Å²) in [6.45, 7) is -3.83. The second kappa shape index (κ2) is 9.00. The molecule has 2 unspecified atom stereocenters. The van der Waals surface area contributed by atoms with Crippen molar-refractivity contribution in [3.63, 3.8) is 0 Å². The van der Waals surface area contributed by atoms with Gasteiger partial charge in [0.05, 0.1) is 12.1 Å². The van der Waals surface area contributed by atoms with E-state index in [9.17, 15) is 35.5 Å². The van der Waals surface area contributed by atoms with Crippen molar-refractivity contribution in [2.45, 2.75) is 49.6 Å². The number of rotatable bonds is 7. The molecule has 0 saturated heterocycles. The highest BCUT2D eigenvalue weighted by Crippen LogP contribution is 2.44. The van der Waals surface area contributed by atoms with Gasteiger partial charge in [-0.25, -0.2) is 15.4 Å². The third kappa shape index (κ3) is 4.96. The van der Waals surface area contributed by atoms with E-state index in [4.69, 9.17) is 11.6 Å². The Bertz CT molecular complexity index is 1060.